The molecule has 2 nitrogen and oxygen atoms in total. The van der Waals surface area contributed by atoms with Crippen molar-refractivity contribution in [2.45, 2.75) is 30.1 Å². The molecule has 2 rings (SSSR count). The van der Waals surface area contributed by atoms with Gasteiger partial charge in [0, 0.05) is 9.79 Å². The van der Waals surface area contributed by atoms with E-state index in [0.29, 0.717) is 5.56 Å². The summed E-state index contributed by atoms with van der Waals surface area (Å²) in [5.41, 5.74) is 2.48. The van der Waals surface area contributed by atoms with Crippen LogP contribution >= 0.6 is 11.8 Å². The van der Waals surface area contributed by atoms with E-state index in [2.05, 4.69) is 31.2 Å². The van der Waals surface area contributed by atoms with Crippen molar-refractivity contribution in [2.75, 3.05) is 0 Å². The largest absolute Gasteiger partial charge is 0.478 e. The Hall–Kier alpha value is -1.74. The Bertz CT molecular complexity index is 588. The van der Waals surface area contributed by atoms with Crippen molar-refractivity contribution < 1.29 is 9.90 Å². The van der Waals surface area contributed by atoms with Gasteiger partial charge in [-0.2, -0.15) is 0 Å². The van der Waals surface area contributed by atoms with Crippen LogP contribution in [0, 0.1) is 6.92 Å². The van der Waals surface area contributed by atoms with E-state index < -0.39 is 5.97 Å². The molecule has 0 spiro atoms. The average molecular weight is 272 g/mol. The molecule has 0 fully saturated rings. The van der Waals surface area contributed by atoms with Crippen LogP contribution in [0.4, 0.5) is 0 Å². The van der Waals surface area contributed by atoms with Crippen molar-refractivity contribution in [3.8, 4) is 0 Å². The fourth-order valence-electron chi connectivity index (χ4n) is 1.87. The highest BCUT2D eigenvalue weighted by molar-refractivity contribution is 7.99. The molecule has 0 atom stereocenters. The van der Waals surface area contributed by atoms with Crippen LogP contribution in [0.25, 0.3) is 0 Å². The Kier molecular flexibility index (Phi) is 4.27. The van der Waals surface area contributed by atoms with Crippen molar-refractivity contribution in [2.24, 2.45) is 0 Å². The van der Waals surface area contributed by atoms with Gasteiger partial charge in [0.15, 0.2) is 0 Å². The number of aryl methyl sites for hydroxylation is 2. The molecule has 0 saturated heterocycles. The molecular formula is C16H16O2S. The lowest BCUT2D eigenvalue weighted by molar-refractivity contribution is 0.0696. The van der Waals surface area contributed by atoms with E-state index in [0.717, 1.165) is 16.9 Å². The van der Waals surface area contributed by atoms with Crippen molar-refractivity contribution in [3.05, 3.63) is 59.2 Å². The molecule has 0 radical (unpaired) electrons. The van der Waals surface area contributed by atoms with E-state index >= 15 is 0 Å². The maximum atomic E-state index is 11.0. The molecule has 2 aromatic rings. The van der Waals surface area contributed by atoms with Gasteiger partial charge in [0.1, 0.15) is 0 Å². The second kappa shape index (κ2) is 5.93. The molecule has 1 N–H and O–H groups in total. The first-order chi connectivity index (χ1) is 9.10. The molecule has 2 aromatic carbocycles. The molecule has 0 aliphatic rings. The number of rotatable bonds is 4. The summed E-state index contributed by atoms with van der Waals surface area (Å²) < 4.78 is 0. The minimum absolute atomic E-state index is 0.366. The van der Waals surface area contributed by atoms with Gasteiger partial charge in [0.25, 0.3) is 0 Å². The lowest BCUT2D eigenvalue weighted by Gasteiger charge is -2.06. The van der Waals surface area contributed by atoms with Crippen LogP contribution < -0.4 is 0 Å². The van der Waals surface area contributed by atoms with Crippen LogP contribution in [-0.2, 0) is 6.42 Å². The standard InChI is InChI=1S/C16H16O2S/c1-3-12-4-6-13(7-5-12)19-14-8-9-15(16(17)18)11(2)10-14/h4-10H,3H2,1-2H3,(H,17,18). The summed E-state index contributed by atoms with van der Waals surface area (Å²) in [4.78, 5) is 13.2. The van der Waals surface area contributed by atoms with E-state index in [1.165, 1.54) is 10.5 Å². The third-order valence-corrected chi connectivity index (χ3v) is 3.99. The Balaban J connectivity index is 2.18. The summed E-state index contributed by atoms with van der Waals surface area (Å²) in [6.07, 6.45) is 1.04. The quantitative estimate of drug-likeness (QED) is 0.896. The highest BCUT2D eigenvalue weighted by Gasteiger charge is 2.07. The van der Waals surface area contributed by atoms with E-state index in [4.69, 9.17) is 5.11 Å². The Morgan fingerprint density at radius 3 is 2.26 bits per heavy atom. The smallest absolute Gasteiger partial charge is 0.335 e. The number of carboxylic acids is 1. The maximum absolute atomic E-state index is 11.0. The summed E-state index contributed by atoms with van der Waals surface area (Å²) in [6.45, 7) is 3.96. The lowest BCUT2D eigenvalue weighted by atomic mass is 10.1. The Labute approximate surface area is 117 Å². The van der Waals surface area contributed by atoms with E-state index in [9.17, 15) is 4.79 Å². The summed E-state index contributed by atoms with van der Waals surface area (Å²) >= 11 is 1.65. The minimum atomic E-state index is -0.874. The highest BCUT2D eigenvalue weighted by atomic mass is 32.2. The summed E-state index contributed by atoms with van der Waals surface area (Å²) in [5.74, 6) is -0.874. The normalized spacial score (nSPS) is 10.4. The number of carboxylic acid groups (broad SMARTS) is 1. The molecule has 0 aliphatic carbocycles. The molecule has 98 valence electrons. The van der Waals surface area contributed by atoms with Crippen molar-refractivity contribution >= 4 is 17.7 Å². The third-order valence-electron chi connectivity index (χ3n) is 3.00. The first kappa shape index (κ1) is 13.7. The lowest BCUT2D eigenvalue weighted by Crippen LogP contribution is -1.98. The second-order valence-corrected chi connectivity index (χ2v) is 5.53. The average Bonchev–Trinajstić information content (AvgIpc) is 2.39. The van der Waals surface area contributed by atoms with Crippen LogP contribution in [0.2, 0.25) is 0 Å². The molecule has 0 heterocycles. The highest BCUT2D eigenvalue weighted by Crippen LogP contribution is 2.29. The van der Waals surface area contributed by atoms with Crippen LogP contribution in [0.5, 0.6) is 0 Å². The number of carbonyl (C=O) groups is 1. The fourth-order valence-corrected chi connectivity index (χ4v) is 2.79. The summed E-state index contributed by atoms with van der Waals surface area (Å²) in [5, 5.41) is 9.00. The third kappa shape index (κ3) is 3.38. The molecule has 19 heavy (non-hydrogen) atoms. The van der Waals surface area contributed by atoms with Crippen molar-refractivity contribution in [1.82, 2.24) is 0 Å². The van der Waals surface area contributed by atoms with Gasteiger partial charge < -0.3 is 5.11 Å². The molecule has 0 aliphatic heterocycles. The molecule has 0 unspecified atom stereocenters. The molecule has 0 aromatic heterocycles. The van der Waals surface area contributed by atoms with Gasteiger partial charge in [0.2, 0.25) is 0 Å². The monoisotopic (exact) mass is 272 g/mol. The maximum Gasteiger partial charge on any atom is 0.335 e. The Morgan fingerprint density at radius 2 is 1.74 bits per heavy atom. The zero-order valence-electron chi connectivity index (χ0n) is 11.0. The number of hydrogen-bond donors (Lipinski definition) is 1. The topological polar surface area (TPSA) is 37.3 Å². The van der Waals surface area contributed by atoms with Gasteiger partial charge in [-0.1, -0.05) is 30.8 Å². The molecule has 0 amide bonds. The first-order valence-corrected chi connectivity index (χ1v) is 7.02. The predicted molar refractivity (Wildman–Crippen MR) is 78.1 cm³/mol. The SMILES string of the molecule is CCc1ccc(Sc2ccc(C(=O)O)c(C)c2)cc1. The zero-order valence-corrected chi connectivity index (χ0v) is 11.8. The van der Waals surface area contributed by atoms with E-state index in [-0.39, 0.29) is 0 Å². The molecular weight excluding hydrogens is 256 g/mol. The van der Waals surface area contributed by atoms with Gasteiger partial charge in [-0.05, 0) is 54.8 Å². The Morgan fingerprint density at radius 1 is 1.11 bits per heavy atom. The van der Waals surface area contributed by atoms with E-state index in [1.807, 2.05) is 19.1 Å². The van der Waals surface area contributed by atoms with Gasteiger partial charge >= 0.3 is 5.97 Å². The number of aromatic carboxylic acids is 1. The van der Waals surface area contributed by atoms with Gasteiger partial charge in [-0.25, -0.2) is 4.79 Å². The first-order valence-electron chi connectivity index (χ1n) is 6.21. The molecule has 0 saturated carbocycles. The van der Waals surface area contributed by atoms with Crippen LogP contribution in [-0.4, -0.2) is 11.1 Å². The minimum Gasteiger partial charge on any atom is -0.478 e. The van der Waals surface area contributed by atoms with Crippen molar-refractivity contribution in [3.63, 3.8) is 0 Å². The fraction of sp³-hybridized carbons (Fsp3) is 0.188. The van der Waals surface area contributed by atoms with Crippen LogP contribution in [0.3, 0.4) is 0 Å². The van der Waals surface area contributed by atoms with Gasteiger partial charge in [0.05, 0.1) is 5.56 Å². The molecule has 3 heteroatoms. The van der Waals surface area contributed by atoms with Crippen LogP contribution in [0.1, 0.15) is 28.4 Å². The van der Waals surface area contributed by atoms with Gasteiger partial charge in [-0.3, -0.25) is 0 Å². The number of benzene rings is 2. The second-order valence-electron chi connectivity index (χ2n) is 4.38. The number of hydrogen-bond acceptors (Lipinski definition) is 2. The summed E-state index contributed by atoms with van der Waals surface area (Å²) in [6, 6.07) is 13.9. The molecule has 0 bridgehead atoms. The zero-order chi connectivity index (χ0) is 13.8. The predicted octanol–water partition coefficient (Wildman–Crippen LogP) is 4.41. The van der Waals surface area contributed by atoms with Crippen molar-refractivity contribution in [1.29, 1.82) is 0 Å². The van der Waals surface area contributed by atoms with Gasteiger partial charge in [-0.15, -0.1) is 0 Å². The van der Waals surface area contributed by atoms with E-state index in [1.54, 1.807) is 17.8 Å². The summed E-state index contributed by atoms with van der Waals surface area (Å²) in [7, 11) is 0. The van der Waals surface area contributed by atoms with Crippen LogP contribution in [0.15, 0.2) is 52.3 Å².